The van der Waals surface area contributed by atoms with Gasteiger partial charge in [0.05, 0.1) is 29.2 Å². The van der Waals surface area contributed by atoms with E-state index in [1.165, 1.54) is 4.88 Å². The summed E-state index contributed by atoms with van der Waals surface area (Å²) in [6.45, 7) is 1.35. The van der Waals surface area contributed by atoms with E-state index >= 15 is 0 Å². The van der Waals surface area contributed by atoms with Crippen LogP contribution in [-0.4, -0.2) is 17.4 Å². The molecular formula is C14H13Cl2N3S. The number of aliphatic imine (C=N–C) groups is 1. The molecule has 104 valence electrons. The number of nitrogens with two attached hydrogens (primary N) is 1. The van der Waals surface area contributed by atoms with Crippen LogP contribution in [-0.2, 0) is 6.54 Å². The molecule has 1 aromatic heterocycles. The number of benzene rings is 1. The molecule has 0 saturated carbocycles. The zero-order valence-corrected chi connectivity index (χ0v) is 12.9. The Morgan fingerprint density at radius 3 is 2.90 bits per heavy atom. The lowest BCUT2D eigenvalue weighted by Gasteiger charge is -2.27. The minimum absolute atomic E-state index is 0.0447. The Morgan fingerprint density at radius 2 is 2.15 bits per heavy atom. The van der Waals surface area contributed by atoms with Crippen molar-refractivity contribution < 1.29 is 0 Å². The smallest absolute Gasteiger partial charge is 0.192 e. The largest absolute Gasteiger partial charge is 0.370 e. The van der Waals surface area contributed by atoms with Crippen LogP contribution in [0.1, 0.15) is 16.5 Å². The lowest BCUT2D eigenvalue weighted by molar-refractivity contribution is 0.343. The molecule has 1 aliphatic rings. The van der Waals surface area contributed by atoms with Gasteiger partial charge < -0.3 is 10.6 Å². The first-order chi connectivity index (χ1) is 9.66. The molecule has 1 atom stereocenters. The van der Waals surface area contributed by atoms with Crippen LogP contribution in [0.15, 0.2) is 40.7 Å². The Morgan fingerprint density at radius 1 is 1.30 bits per heavy atom. The molecule has 0 fully saturated rings. The summed E-state index contributed by atoms with van der Waals surface area (Å²) < 4.78 is 0. The van der Waals surface area contributed by atoms with Gasteiger partial charge in [0.15, 0.2) is 5.96 Å². The summed E-state index contributed by atoms with van der Waals surface area (Å²) in [4.78, 5) is 7.67. The highest BCUT2D eigenvalue weighted by molar-refractivity contribution is 7.09. The first-order valence-corrected chi connectivity index (χ1v) is 7.83. The second-order valence-corrected chi connectivity index (χ2v) is 6.38. The van der Waals surface area contributed by atoms with Crippen LogP contribution in [0.2, 0.25) is 10.0 Å². The molecule has 1 aliphatic heterocycles. The fourth-order valence-electron chi connectivity index (χ4n) is 2.33. The molecule has 0 saturated heterocycles. The van der Waals surface area contributed by atoms with Crippen molar-refractivity contribution in [2.45, 2.75) is 12.6 Å². The second-order valence-electron chi connectivity index (χ2n) is 4.56. The van der Waals surface area contributed by atoms with Crippen molar-refractivity contribution >= 4 is 40.5 Å². The third-order valence-electron chi connectivity index (χ3n) is 3.34. The van der Waals surface area contributed by atoms with Crippen molar-refractivity contribution in [3.63, 3.8) is 0 Å². The van der Waals surface area contributed by atoms with Crippen molar-refractivity contribution in [2.75, 3.05) is 6.54 Å². The Kier molecular flexibility index (Phi) is 3.87. The van der Waals surface area contributed by atoms with E-state index in [0.717, 1.165) is 12.1 Å². The Hall–Kier alpha value is -1.23. The number of nitrogens with zero attached hydrogens (tertiary/aromatic N) is 2. The van der Waals surface area contributed by atoms with Crippen LogP contribution in [0.5, 0.6) is 0 Å². The standard InChI is InChI=1S/C14H13Cl2N3S/c15-11-5-1-4-10(13(11)16)12-7-18-14(17)19(12)8-9-3-2-6-20-9/h1-6,12H,7-8H2,(H2,17,18). The van der Waals surface area contributed by atoms with E-state index in [9.17, 15) is 0 Å². The highest BCUT2D eigenvalue weighted by Gasteiger charge is 2.29. The summed E-state index contributed by atoms with van der Waals surface area (Å²) in [6.07, 6.45) is 0. The molecule has 6 heteroatoms. The van der Waals surface area contributed by atoms with E-state index in [1.54, 1.807) is 17.4 Å². The number of hydrogen-bond acceptors (Lipinski definition) is 4. The average Bonchev–Trinajstić information content (AvgIpc) is 3.06. The summed E-state index contributed by atoms with van der Waals surface area (Å²) in [6, 6.07) is 9.84. The van der Waals surface area contributed by atoms with Crippen LogP contribution >= 0.6 is 34.5 Å². The van der Waals surface area contributed by atoms with Gasteiger partial charge in [0.2, 0.25) is 0 Å². The van der Waals surface area contributed by atoms with Crippen LogP contribution in [0.25, 0.3) is 0 Å². The molecule has 1 unspecified atom stereocenters. The van der Waals surface area contributed by atoms with Gasteiger partial charge in [0.25, 0.3) is 0 Å². The quantitative estimate of drug-likeness (QED) is 0.929. The van der Waals surface area contributed by atoms with Crippen molar-refractivity contribution in [1.82, 2.24) is 4.90 Å². The number of rotatable bonds is 3. The maximum atomic E-state index is 6.32. The molecule has 3 nitrogen and oxygen atoms in total. The molecule has 0 bridgehead atoms. The van der Waals surface area contributed by atoms with Crippen LogP contribution < -0.4 is 5.73 Å². The minimum Gasteiger partial charge on any atom is -0.370 e. The minimum atomic E-state index is 0.0447. The summed E-state index contributed by atoms with van der Waals surface area (Å²) in [5.74, 6) is 0.555. The zero-order valence-electron chi connectivity index (χ0n) is 10.6. The van der Waals surface area contributed by atoms with E-state index in [4.69, 9.17) is 28.9 Å². The Bertz CT molecular complexity index is 640. The van der Waals surface area contributed by atoms with Gasteiger partial charge in [-0.05, 0) is 23.1 Å². The molecule has 1 aromatic carbocycles. The lowest BCUT2D eigenvalue weighted by atomic mass is 10.1. The molecule has 0 aliphatic carbocycles. The number of thiophene rings is 1. The van der Waals surface area contributed by atoms with E-state index in [-0.39, 0.29) is 6.04 Å². The fourth-order valence-corrected chi connectivity index (χ4v) is 3.47. The number of halogens is 2. The molecule has 0 spiro atoms. The summed E-state index contributed by atoms with van der Waals surface area (Å²) in [5, 5.41) is 3.20. The van der Waals surface area contributed by atoms with Crippen LogP contribution in [0.3, 0.4) is 0 Å². The van der Waals surface area contributed by atoms with Crippen LogP contribution in [0, 0.1) is 0 Å². The van der Waals surface area contributed by atoms with Crippen LogP contribution in [0.4, 0.5) is 0 Å². The number of hydrogen-bond donors (Lipinski definition) is 1. The molecule has 2 heterocycles. The topological polar surface area (TPSA) is 41.6 Å². The second kappa shape index (κ2) is 5.64. The Labute approximate surface area is 131 Å². The molecule has 0 radical (unpaired) electrons. The van der Waals surface area contributed by atoms with Gasteiger partial charge in [-0.25, -0.2) is 0 Å². The first kappa shape index (κ1) is 13.7. The van der Waals surface area contributed by atoms with E-state index in [1.807, 2.05) is 18.2 Å². The summed E-state index contributed by atoms with van der Waals surface area (Å²) in [7, 11) is 0. The lowest BCUT2D eigenvalue weighted by Crippen LogP contribution is -2.35. The molecule has 2 N–H and O–H groups in total. The van der Waals surface area contributed by atoms with Gasteiger partial charge in [-0.2, -0.15) is 0 Å². The van der Waals surface area contributed by atoms with Crippen molar-refractivity contribution in [1.29, 1.82) is 0 Å². The summed E-state index contributed by atoms with van der Waals surface area (Å²) >= 11 is 14.1. The number of guanidine groups is 1. The molecular weight excluding hydrogens is 313 g/mol. The predicted molar refractivity (Wildman–Crippen MR) is 85.6 cm³/mol. The third-order valence-corrected chi connectivity index (χ3v) is 5.04. The fraction of sp³-hybridized carbons (Fsp3) is 0.214. The highest BCUT2D eigenvalue weighted by atomic mass is 35.5. The van der Waals surface area contributed by atoms with Gasteiger partial charge in [-0.3, -0.25) is 4.99 Å². The van der Waals surface area contributed by atoms with Crippen molar-refractivity contribution in [3.8, 4) is 0 Å². The Balaban J connectivity index is 1.91. The molecule has 0 amide bonds. The van der Waals surface area contributed by atoms with Gasteiger partial charge in [-0.1, -0.05) is 41.4 Å². The van der Waals surface area contributed by atoms with Gasteiger partial charge >= 0.3 is 0 Å². The first-order valence-electron chi connectivity index (χ1n) is 6.19. The van der Waals surface area contributed by atoms with Gasteiger partial charge in [0, 0.05) is 4.88 Å². The maximum absolute atomic E-state index is 6.32. The summed E-state index contributed by atoms with van der Waals surface area (Å²) in [5.41, 5.74) is 6.99. The third kappa shape index (κ3) is 2.51. The van der Waals surface area contributed by atoms with E-state index < -0.39 is 0 Å². The normalized spacial score (nSPS) is 18.4. The van der Waals surface area contributed by atoms with E-state index in [0.29, 0.717) is 22.5 Å². The molecule has 2 aromatic rings. The zero-order chi connectivity index (χ0) is 14.1. The molecule has 20 heavy (non-hydrogen) atoms. The average molecular weight is 326 g/mol. The predicted octanol–water partition coefficient (Wildman–Crippen LogP) is 3.93. The monoisotopic (exact) mass is 325 g/mol. The van der Waals surface area contributed by atoms with Gasteiger partial charge in [0.1, 0.15) is 0 Å². The van der Waals surface area contributed by atoms with Crippen molar-refractivity contribution in [2.24, 2.45) is 10.7 Å². The maximum Gasteiger partial charge on any atom is 0.192 e. The molecule has 3 rings (SSSR count). The van der Waals surface area contributed by atoms with E-state index in [2.05, 4.69) is 21.3 Å². The van der Waals surface area contributed by atoms with Crippen molar-refractivity contribution in [3.05, 3.63) is 56.2 Å². The van der Waals surface area contributed by atoms with Gasteiger partial charge in [-0.15, -0.1) is 11.3 Å². The SMILES string of the molecule is NC1=NCC(c2cccc(Cl)c2Cl)N1Cc1cccs1. The highest BCUT2D eigenvalue weighted by Crippen LogP contribution is 2.35.